The van der Waals surface area contributed by atoms with Crippen LogP contribution in [0.15, 0.2) is 42.5 Å². The lowest BCUT2D eigenvalue weighted by atomic mass is 10.1. The van der Waals surface area contributed by atoms with Crippen LogP contribution >= 0.6 is 0 Å². The Balaban J connectivity index is 2.22. The van der Waals surface area contributed by atoms with Crippen LogP contribution in [0.25, 0.3) is 12.2 Å². The fourth-order valence-electron chi connectivity index (χ4n) is 1.94. The second-order valence-electron chi connectivity index (χ2n) is 3.86. The van der Waals surface area contributed by atoms with Crippen LogP contribution in [-0.4, -0.2) is 0 Å². The Labute approximate surface area is 94.4 Å². The maximum atomic E-state index is 5.97. The van der Waals surface area contributed by atoms with Gasteiger partial charge < -0.3 is 11.1 Å². The van der Waals surface area contributed by atoms with E-state index in [9.17, 15) is 0 Å². The molecule has 2 aromatic carbocycles. The normalized spacial score (nSPS) is 12.2. The molecule has 2 heteroatoms. The van der Waals surface area contributed by atoms with Gasteiger partial charge in [0, 0.05) is 11.3 Å². The van der Waals surface area contributed by atoms with Crippen molar-refractivity contribution in [1.82, 2.24) is 0 Å². The largest absolute Gasteiger partial charge is 0.397 e. The Hall–Kier alpha value is -2.22. The lowest BCUT2D eigenvalue weighted by molar-refractivity contribution is 1.53. The van der Waals surface area contributed by atoms with E-state index in [0.29, 0.717) is 0 Å². The zero-order valence-corrected chi connectivity index (χ0v) is 8.77. The predicted octanol–water partition coefficient (Wildman–Crippen LogP) is 3.50. The number of nitrogen functional groups attached to an aromatic ring is 1. The van der Waals surface area contributed by atoms with Gasteiger partial charge in [0.05, 0.1) is 11.4 Å². The molecule has 16 heavy (non-hydrogen) atoms. The van der Waals surface area contributed by atoms with Crippen LogP contribution in [0.1, 0.15) is 11.1 Å². The summed E-state index contributed by atoms with van der Waals surface area (Å²) in [6, 6.07) is 14.1. The molecule has 0 radical (unpaired) electrons. The van der Waals surface area contributed by atoms with Gasteiger partial charge in [-0.25, -0.2) is 0 Å². The quantitative estimate of drug-likeness (QED) is 0.555. The summed E-state index contributed by atoms with van der Waals surface area (Å²) in [4.78, 5) is 0. The third-order valence-corrected chi connectivity index (χ3v) is 2.79. The molecule has 1 aliphatic rings. The molecule has 3 N–H and O–H groups in total. The van der Waals surface area contributed by atoms with E-state index in [4.69, 9.17) is 5.73 Å². The second-order valence-corrected chi connectivity index (χ2v) is 3.86. The van der Waals surface area contributed by atoms with E-state index in [1.165, 1.54) is 5.56 Å². The third-order valence-electron chi connectivity index (χ3n) is 2.79. The van der Waals surface area contributed by atoms with Gasteiger partial charge in [0.25, 0.3) is 0 Å². The van der Waals surface area contributed by atoms with Gasteiger partial charge in [-0.15, -0.1) is 0 Å². The van der Waals surface area contributed by atoms with Gasteiger partial charge in [-0.1, -0.05) is 42.5 Å². The first-order valence-corrected chi connectivity index (χ1v) is 5.27. The minimum absolute atomic E-state index is 0.777. The molecule has 0 aliphatic carbocycles. The van der Waals surface area contributed by atoms with Crippen LogP contribution < -0.4 is 11.1 Å². The van der Waals surface area contributed by atoms with Crippen LogP contribution in [-0.2, 0) is 0 Å². The summed E-state index contributed by atoms with van der Waals surface area (Å²) in [6.07, 6.45) is 4.19. The van der Waals surface area contributed by atoms with E-state index < -0.39 is 0 Å². The molecule has 2 aromatic rings. The molecule has 2 nitrogen and oxygen atoms in total. The van der Waals surface area contributed by atoms with Crippen LogP contribution in [0.5, 0.6) is 0 Å². The van der Waals surface area contributed by atoms with E-state index in [1.807, 2.05) is 24.3 Å². The molecule has 1 heterocycles. The SMILES string of the molecule is Nc1cccc2c1Nc1ccccc1C=C2. The summed E-state index contributed by atoms with van der Waals surface area (Å²) in [6.45, 7) is 0. The number of fused-ring (bicyclic) bond motifs is 2. The van der Waals surface area contributed by atoms with E-state index in [2.05, 4.69) is 35.7 Å². The molecular formula is C14H12N2. The third kappa shape index (κ3) is 1.36. The number of nitrogens with one attached hydrogen (secondary N) is 1. The second kappa shape index (κ2) is 3.42. The Morgan fingerprint density at radius 2 is 1.56 bits per heavy atom. The zero-order chi connectivity index (χ0) is 11.0. The van der Waals surface area contributed by atoms with E-state index >= 15 is 0 Å². The van der Waals surface area contributed by atoms with Crippen molar-refractivity contribution in [2.24, 2.45) is 0 Å². The maximum Gasteiger partial charge on any atom is 0.0691 e. The highest BCUT2D eigenvalue weighted by Gasteiger charge is 2.09. The first-order valence-electron chi connectivity index (χ1n) is 5.27. The lowest BCUT2D eigenvalue weighted by Gasteiger charge is -2.11. The van der Waals surface area contributed by atoms with Crippen molar-refractivity contribution < 1.29 is 0 Å². The van der Waals surface area contributed by atoms with Crippen molar-refractivity contribution in [2.75, 3.05) is 11.1 Å². The number of hydrogen-bond donors (Lipinski definition) is 2. The minimum atomic E-state index is 0.777. The zero-order valence-electron chi connectivity index (χ0n) is 8.77. The van der Waals surface area contributed by atoms with Crippen molar-refractivity contribution in [3.05, 3.63) is 53.6 Å². The molecule has 0 spiro atoms. The van der Waals surface area contributed by atoms with Gasteiger partial charge in [-0.05, 0) is 17.7 Å². The molecular weight excluding hydrogens is 196 g/mol. The number of para-hydroxylation sites is 2. The molecule has 3 rings (SSSR count). The first kappa shape index (κ1) is 9.04. The van der Waals surface area contributed by atoms with Crippen molar-refractivity contribution in [3.63, 3.8) is 0 Å². The molecule has 0 saturated carbocycles. The van der Waals surface area contributed by atoms with Crippen molar-refractivity contribution in [3.8, 4) is 0 Å². The summed E-state index contributed by atoms with van der Waals surface area (Å²) in [5, 5.41) is 3.38. The Bertz CT molecular complexity index is 571. The summed E-state index contributed by atoms with van der Waals surface area (Å²) >= 11 is 0. The highest BCUT2D eigenvalue weighted by molar-refractivity contribution is 5.91. The molecule has 0 atom stereocenters. The highest BCUT2D eigenvalue weighted by atomic mass is 14.9. The standard InChI is InChI=1S/C14H12N2/c15-12-6-3-5-11-9-8-10-4-1-2-7-13(10)16-14(11)12/h1-9,16H,15H2. The number of benzene rings is 2. The summed E-state index contributed by atoms with van der Waals surface area (Å²) in [5.41, 5.74) is 11.1. The van der Waals surface area contributed by atoms with E-state index in [0.717, 1.165) is 22.6 Å². The summed E-state index contributed by atoms with van der Waals surface area (Å²) in [7, 11) is 0. The summed E-state index contributed by atoms with van der Waals surface area (Å²) < 4.78 is 0. The average Bonchev–Trinajstić information content (AvgIpc) is 2.50. The van der Waals surface area contributed by atoms with Gasteiger partial charge in [-0.3, -0.25) is 0 Å². The van der Waals surface area contributed by atoms with Crippen LogP contribution in [0.3, 0.4) is 0 Å². The minimum Gasteiger partial charge on any atom is -0.397 e. The fraction of sp³-hybridized carbons (Fsp3) is 0. The molecule has 0 fully saturated rings. The van der Waals surface area contributed by atoms with E-state index in [1.54, 1.807) is 0 Å². The number of rotatable bonds is 0. The van der Waals surface area contributed by atoms with E-state index in [-0.39, 0.29) is 0 Å². The van der Waals surface area contributed by atoms with Crippen LogP contribution in [0, 0.1) is 0 Å². The molecule has 78 valence electrons. The smallest absolute Gasteiger partial charge is 0.0691 e. The average molecular weight is 208 g/mol. The maximum absolute atomic E-state index is 5.97. The molecule has 0 amide bonds. The van der Waals surface area contributed by atoms with Gasteiger partial charge in [0.15, 0.2) is 0 Å². The van der Waals surface area contributed by atoms with Gasteiger partial charge >= 0.3 is 0 Å². The first-order chi connectivity index (χ1) is 7.84. The number of anilines is 3. The Kier molecular flexibility index (Phi) is 1.93. The fourth-order valence-corrected chi connectivity index (χ4v) is 1.94. The van der Waals surface area contributed by atoms with Gasteiger partial charge in [0.2, 0.25) is 0 Å². The summed E-state index contributed by atoms with van der Waals surface area (Å²) in [5.74, 6) is 0. The monoisotopic (exact) mass is 208 g/mol. The molecule has 1 aliphatic heterocycles. The Morgan fingerprint density at radius 1 is 0.812 bits per heavy atom. The van der Waals surface area contributed by atoms with Crippen molar-refractivity contribution in [2.45, 2.75) is 0 Å². The highest BCUT2D eigenvalue weighted by Crippen LogP contribution is 2.33. The van der Waals surface area contributed by atoms with Crippen LogP contribution in [0.4, 0.5) is 17.1 Å². The van der Waals surface area contributed by atoms with Crippen molar-refractivity contribution in [1.29, 1.82) is 0 Å². The molecule has 0 unspecified atom stereocenters. The molecule has 0 aromatic heterocycles. The lowest BCUT2D eigenvalue weighted by Crippen LogP contribution is -1.98. The number of nitrogens with two attached hydrogens (primary N) is 1. The van der Waals surface area contributed by atoms with Gasteiger partial charge in [0.1, 0.15) is 0 Å². The molecule has 0 bridgehead atoms. The number of hydrogen-bond acceptors (Lipinski definition) is 2. The Morgan fingerprint density at radius 3 is 2.50 bits per heavy atom. The van der Waals surface area contributed by atoms with Gasteiger partial charge in [-0.2, -0.15) is 0 Å². The van der Waals surface area contributed by atoms with Crippen LogP contribution in [0.2, 0.25) is 0 Å². The van der Waals surface area contributed by atoms with Crippen molar-refractivity contribution >= 4 is 29.2 Å². The topological polar surface area (TPSA) is 38.0 Å². The predicted molar refractivity (Wildman–Crippen MR) is 69.5 cm³/mol. The molecule has 0 saturated heterocycles.